The Kier molecular flexibility index (Phi) is 6.14. The lowest BCUT2D eigenvalue weighted by atomic mass is 9.89. The van der Waals surface area contributed by atoms with Crippen LogP contribution in [0.3, 0.4) is 0 Å². The first kappa shape index (κ1) is 16.7. The molecule has 0 aromatic heterocycles. The summed E-state index contributed by atoms with van der Waals surface area (Å²) in [6.07, 6.45) is 8.33. The highest BCUT2D eigenvalue weighted by molar-refractivity contribution is 4.89. The van der Waals surface area contributed by atoms with Crippen LogP contribution in [0, 0.1) is 5.92 Å². The largest absolute Gasteiger partial charge is 0.315 e. The van der Waals surface area contributed by atoms with Crippen LogP contribution >= 0.6 is 0 Å². The van der Waals surface area contributed by atoms with Crippen molar-refractivity contribution in [2.24, 2.45) is 5.92 Å². The molecule has 0 saturated carbocycles. The molecule has 3 heterocycles. The van der Waals surface area contributed by atoms with E-state index in [1.807, 2.05) is 0 Å². The van der Waals surface area contributed by atoms with Gasteiger partial charge in [0.2, 0.25) is 0 Å². The predicted octanol–water partition coefficient (Wildman–Crippen LogP) is 1.48. The zero-order chi connectivity index (χ0) is 15.4. The lowest BCUT2D eigenvalue weighted by molar-refractivity contribution is 0.0574. The minimum Gasteiger partial charge on any atom is -0.315 e. The van der Waals surface area contributed by atoms with Crippen LogP contribution in [0.2, 0.25) is 0 Å². The fourth-order valence-electron chi connectivity index (χ4n) is 4.74. The molecule has 0 aromatic rings. The van der Waals surface area contributed by atoms with E-state index in [9.17, 15) is 0 Å². The summed E-state index contributed by atoms with van der Waals surface area (Å²) in [5.74, 6) is 0.865. The molecule has 3 aliphatic rings. The first-order chi connectivity index (χ1) is 10.7. The Morgan fingerprint density at radius 1 is 1.00 bits per heavy atom. The van der Waals surface area contributed by atoms with Crippen molar-refractivity contribution in [3.8, 4) is 0 Å². The molecule has 0 radical (unpaired) electrons. The summed E-state index contributed by atoms with van der Waals surface area (Å²) in [6, 6.07) is 1.59. The number of hydrogen-bond donors (Lipinski definition) is 1. The topological polar surface area (TPSA) is 21.8 Å². The SMILES string of the molecule is CN1CCC(N(C)CC2CCNCC2N2CCCCC2)CC1. The van der Waals surface area contributed by atoms with Crippen LogP contribution in [0.15, 0.2) is 0 Å². The molecule has 22 heavy (non-hydrogen) atoms. The van der Waals surface area contributed by atoms with Crippen molar-refractivity contribution >= 4 is 0 Å². The maximum absolute atomic E-state index is 3.65. The van der Waals surface area contributed by atoms with Crippen molar-refractivity contribution < 1.29 is 0 Å². The number of nitrogens with zero attached hydrogens (tertiary/aromatic N) is 3. The Morgan fingerprint density at radius 2 is 1.73 bits per heavy atom. The molecule has 1 N–H and O–H groups in total. The second kappa shape index (κ2) is 8.09. The number of hydrogen-bond acceptors (Lipinski definition) is 4. The summed E-state index contributed by atoms with van der Waals surface area (Å²) < 4.78 is 0. The van der Waals surface area contributed by atoms with Crippen molar-refractivity contribution in [2.45, 2.75) is 50.6 Å². The smallest absolute Gasteiger partial charge is 0.0261 e. The average molecular weight is 309 g/mol. The highest BCUT2D eigenvalue weighted by Gasteiger charge is 2.32. The quantitative estimate of drug-likeness (QED) is 0.849. The van der Waals surface area contributed by atoms with Gasteiger partial charge in [-0.3, -0.25) is 4.90 Å². The van der Waals surface area contributed by atoms with Gasteiger partial charge in [-0.05, 0) is 84.8 Å². The van der Waals surface area contributed by atoms with Crippen LogP contribution in [0.5, 0.6) is 0 Å². The van der Waals surface area contributed by atoms with E-state index >= 15 is 0 Å². The van der Waals surface area contributed by atoms with E-state index in [0.717, 1.165) is 18.0 Å². The first-order valence-corrected chi connectivity index (χ1v) is 9.57. The fourth-order valence-corrected chi connectivity index (χ4v) is 4.74. The van der Waals surface area contributed by atoms with Gasteiger partial charge in [0, 0.05) is 25.2 Å². The minimum absolute atomic E-state index is 0.780. The Labute approximate surface area is 137 Å². The standard InChI is InChI=1S/C18H36N4/c1-20-12-7-17(8-13-20)21(2)15-16-6-9-19-14-18(16)22-10-4-3-5-11-22/h16-19H,3-15H2,1-2H3. The summed E-state index contributed by atoms with van der Waals surface area (Å²) in [7, 11) is 4.64. The third-order valence-corrected chi connectivity index (χ3v) is 6.28. The molecular weight excluding hydrogens is 272 g/mol. The van der Waals surface area contributed by atoms with Crippen molar-refractivity contribution in [1.82, 2.24) is 20.0 Å². The van der Waals surface area contributed by atoms with Gasteiger partial charge in [0.15, 0.2) is 0 Å². The van der Waals surface area contributed by atoms with Gasteiger partial charge in [-0.1, -0.05) is 6.42 Å². The Hall–Kier alpha value is -0.160. The zero-order valence-electron chi connectivity index (χ0n) is 14.8. The van der Waals surface area contributed by atoms with Gasteiger partial charge in [0.25, 0.3) is 0 Å². The minimum atomic E-state index is 0.780. The monoisotopic (exact) mass is 308 g/mol. The van der Waals surface area contributed by atoms with Gasteiger partial charge in [-0.2, -0.15) is 0 Å². The Bertz CT molecular complexity index is 321. The van der Waals surface area contributed by atoms with Gasteiger partial charge in [0.1, 0.15) is 0 Å². The molecule has 0 amide bonds. The molecule has 3 rings (SSSR count). The molecule has 3 fully saturated rings. The van der Waals surface area contributed by atoms with E-state index in [2.05, 4.69) is 34.1 Å². The van der Waals surface area contributed by atoms with Crippen LogP contribution in [0.25, 0.3) is 0 Å². The molecule has 2 unspecified atom stereocenters. The number of rotatable bonds is 4. The third kappa shape index (κ3) is 4.22. The van der Waals surface area contributed by atoms with Crippen LogP contribution < -0.4 is 5.32 Å². The van der Waals surface area contributed by atoms with Gasteiger partial charge >= 0.3 is 0 Å². The van der Waals surface area contributed by atoms with E-state index in [-0.39, 0.29) is 0 Å². The number of nitrogens with one attached hydrogen (secondary N) is 1. The first-order valence-electron chi connectivity index (χ1n) is 9.57. The molecular formula is C18H36N4. The molecule has 4 nitrogen and oxygen atoms in total. The predicted molar refractivity (Wildman–Crippen MR) is 93.3 cm³/mol. The van der Waals surface area contributed by atoms with Crippen LogP contribution in [0.4, 0.5) is 0 Å². The van der Waals surface area contributed by atoms with E-state index in [0.29, 0.717) is 0 Å². The van der Waals surface area contributed by atoms with Gasteiger partial charge < -0.3 is 15.1 Å². The van der Waals surface area contributed by atoms with E-state index in [4.69, 9.17) is 0 Å². The summed E-state index contributed by atoms with van der Waals surface area (Å²) >= 11 is 0. The molecule has 0 aromatic carbocycles. The second-order valence-corrected chi connectivity index (χ2v) is 7.89. The van der Waals surface area contributed by atoms with Crippen LogP contribution in [0.1, 0.15) is 38.5 Å². The molecule has 0 bridgehead atoms. The molecule has 0 spiro atoms. The maximum atomic E-state index is 3.65. The summed E-state index contributed by atoms with van der Waals surface area (Å²) in [5.41, 5.74) is 0. The van der Waals surface area contributed by atoms with Gasteiger partial charge in [0.05, 0.1) is 0 Å². The summed E-state index contributed by atoms with van der Waals surface area (Å²) in [4.78, 5) is 7.97. The van der Waals surface area contributed by atoms with E-state index in [1.165, 1.54) is 84.3 Å². The van der Waals surface area contributed by atoms with E-state index in [1.54, 1.807) is 0 Å². The zero-order valence-corrected chi connectivity index (χ0v) is 14.8. The molecule has 0 aliphatic carbocycles. The fraction of sp³-hybridized carbons (Fsp3) is 1.00. The maximum Gasteiger partial charge on any atom is 0.0261 e. The lowest BCUT2D eigenvalue weighted by Gasteiger charge is -2.45. The highest BCUT2D eigenvalue weighted by atomic mass is 15.2. The molecule has 3 aliphatic heterocycles. The summed E-state index contributed by atoms with van der Waals surface area (Å²) in [5, 5.41) is 3.65. The lowest BCUT2D eigenvalue weighted by Crippen LogP contribution is -2.56. The van der Waals surface area contributed by atoms with Crippen LogP contribution in [-0.4, -0.2) is 86.7 Å². The van der Waals surface area contributed by atoms with Gasteiger partial charge in [-0.25, -0.2) is 0 Å². The molecule has 4 heteroatoms. The van der Waals surface area contributed by atoms with Crippen LogP contribution in [-0.2, 0) is 0 Å². The second-order valence-electron chi connectivity index (χ2n) is 7.89. The molecule has 2 atom stereocenters. The average Bonchev–Trinajstić information content (AvgIpc) is 2.57. The van der Waals surface area contributed by atoms with Gasteiger partial charge in [-0.15, -0.1) is 0 Å². The summed E-state index contributed by atoms with van der Waals surface area (Å²) in [6.45, 7) is 8.95. The number of likely N-dealkylation sites (tertiary alicyclic amines) is 2. The highest BCUT2D eigenvalue weighted by Crippen LogP contribution is 2.24. The Morgan fingerprint density at radius 3 is 2.45 bits per heavy atom. The normalized spacial score (nSPS) is 33.4. The van der Waals surface area contributed by atoms with Crippen molar-refractivity contribution in [1.29, 1.82) is 0 Å². The van der Waals surface area contributed by atoms with Crippen molar-refractivity contribution in [2.75, 3.05) is 59.9 Å². The van der Waals surface area contributed by atoms with Crippen molar-refractivity contribution in [3.63, 3.8) is 0 Å². The molecule has 3 saturated heterocycles. The van der Waals surface area contributed by atoms with Crippen molar-refractivity contribution in [3.05, 3.63) is 0 Å². The number of piperidine rings is 3. The van der Waals surface area contributed by atoms with E-state index < -0.39 is 0 Å². The Balaban J connectivity index is 1.54. The molecule has 128 valence electrons. The third-order valence-electron chi connectivity index (χ3n) is 6.28.